The molecular weight excluding hydrogens is 506 g/mol. The number of hydrogen-bond donors (Lipinski definition) is 3. The first-order chi connectivity index (χ1) is 19.4. The quantitative estimate of drug-likeness (QED) is 0.298. The van der Waals surface area contributed by atoms with Crippen molar-refractivity contribution in [3.63, 3.8) is 0 Å². The van der Waals surface area contributed by atoms with Crippen molar-refractivity contribution in [2.75, 3.05) is 6.54 Å². The zero-order valence-electron chi connectivity index (χ0n) is 22.4. The zero-order chi connectivity index (χ0) is 28.1. The van der Waals surface area contributed by atoms with Crippen LogP contribution in [0.3, 0.4) is 0 Å². The second kappa shape index (κ2) is 12.1. The second-order valence-electron chi connectivity index (χ2n) is 10.2. The maximum atomic E-state index is 13.5. The number of amides is 3. The Labute approximate surface area is 232 Å². The fourth-order valence-electron chi connectivity index (χ4n) is 5.10. The van der Waals surface area contributed by atoms with Crippen LogP contribution in [0.25, 0.3) is 11.0 Å². The molecule has 10 nitrogen and oxygen atoms in total. The summed E-state index contributed by atoms with van der Waals surface area (Å²) in [5.41, 5.74) is 10.4. The van der Waals surface area contributed by atoms with E-state index < -0.39 is 12.1 Å². The number of fused-ring (bicyclic) bond motifs is 1. The molecular formula is C30H33N7O3. The number of aryl methyl sites for hydroxylation is 2. The minimum atomic E-state index is -0.766. The van der Waals surface area contributed by atoms with E-state index in [4.69, 9.17) is 5.73 Å². The van der Waals surface area contributed by atoms with Gasteiger partial charge in [-0.3, -0.25) is 14.4 Å². The summed E-state index contributed by atoms with van der Waals surface area (Å²) in [4.78, 5) is 41.2. The molecule has 3 unspecified atom stereocenters. The van der Waals surface area contributed by atoms with E-state index in [0.717, 1.165) is 22.2 Å². The highest BCUT2D eigenvalue weighted by Gasteiger charge is 2.41. The van der Waals surface area contributed by atoms with Crippen molar-refractivity contribution in [2.24, 2.45) is 12.8 Å². The van der Waals surface area contributed by atoms with Crippen molar-refractivity contribution in [3.8, 4) is 0 Å². The van der Waals surface area contributed by atoms with Gasteiger partial charge in [-0.2, -0.15) is 0 Å². The van der Waals surface area contributed by atoms with Gasteiger partial charge in [-0.25, -0.2) is 4.68 Å². The third kappa shape index (κ3) is 6.18. The molecule has 0 radical (unpaired) electrons. The van der Waals surface area contributed by atoms with Crippen LogP contribution in [-0.2, 0) is 29.6 Å². The molecule has 5 rings (SSSR count). The molecule has 3 atom stereocenters. The Balaban J connectivity index is 1.27. The van der Waals surface area contributed by atoms with Crippen LogP contribution in [0.15, 0.2) is 78.9 Å². The summed E-state index contributed by atoms with van der Waals surface area (Å²) < 4.78 is 1.69. The van der Waals surface area contributed by atoms with Gasteiger partial charge in [0.05, 0.1) is 11.6 Å². The lowest BCUT2D eigenvalue weighted by molar-refractivity contribution is -0.139. The van der Waals surface area contributed by atoms with Crippen LogP contribution in [0.1, 0.15) is 34.3 Å². The molecule has 1 aliphatic rings. The largest absolute Gasteiger partial charge is 0.350 e. The van der Waals surface area contributed by atoms with E-state index in [1.54, 1.807) is 28.9 Å². The van der Waals surface area contributed by atoms with Gasteiger partial charge in [-0.05, 0) is 54.7 Å². The van der Waals surface area contributed by atoms with Crippen LogP contribution in [0.4, 0.5) is 0 Å². The predicted octanol–water partition coefficient (Wildman–Crippen LogP) is 1.94. The fraction of sp³-hybridized carbons (Fsp3) is 0.300. The lowest BCUT2D eigenvalue weighted by Gasteiger charge is -2.26. The van der Waals surface area contributed by atoms with Gasteiger partial charge in [0.1, 0.15) is 11.6 Å². The summed E-state index contributed by atoms with van der Waals surface area (Å²) in [5.74, 6) is -0.836. The first-order valence-corrected chi connectivity index (χ1v) is 13.4. The summed E-state index contributed by atoms with van der Waals surface area (Å²) in [6.45, 7) is 0.477. The number of hydrogen-bond acceptors (Lipinski definition) is 6. The number of benzene rings is 3. The number of likely N-dealkylation sites (tertiary alicyclic amines) is 1. The highest BCUT2D eigenvalue weighted by Crippen LogP contribution is 2.21. The topological polar surface area (TPSA) is 135 Å². The molecule has 1 aromatic heterocycles. The summed E-state index contributed by atoms with van der Waals surface area (Å²) in [6.07, 6.45) is 1.40. The second-order valence-corrected chi connectivity index (χ2v) is 10.2. The molecule has 1 aliphatic heterocycles. The van der Waals surface area contributed by atoms with Gasteiger partial charge in [0.2, 0.25) is 11.8 Å². The fourth-order valence-corrected chi connectivity index (χ4v) is 5.10. The summed E-state index contributed by atoms with van der Waals surface area (Å²) in [5, 5.41) is 14.1. The maximum Gasteiger partial charge on any atom is 0.251 e. The van der Waals surface area contributed by atoms with Crippen LogP contribution >= 0.6 is 0 Å². The van der Waals surface area contributed by atoms with Gasteiger partial charge in [0, 0.05) is 31.7 Å². The van der Waals surface area contributed by atoms with Crippen molar-refractivity contribution in [1.82, 2.24) is 30.5 Å². The summed E-state index contributed by atoms with van der Waals surface area (Å²) >= 11 is 0. The standard InChI is InChI=1S/C30H33N7O3/c1-36-26-15-13-21(16-25(26)34-35-36)18-32-29(39)27-17-23(33-28(38)22-10-6-3-7-11-22)19-37(27)30(40)24(31)14-12-20-8-4-2-5-9-20/h2-11,13,15-16,23-24,27H,12,14,17-19,31H2,1H3,(H,32,39)(H,33,38). The Kier molecular flexibility index (Phi) is 8.16. The van der Waals surface area contributed by atoms with Crippen molar-refractivity contribution in [2.45, 2.75) is 43.9 Å². The number of nitrogens with two attached hydrogens (primary N) is 1. The van der Waals surface area contributed by atoms with Crippen molar-refractivity contribution in [3.05, 3.63) is 95.6 Å². The van der Waals surface area contributed by atoms with Crippen LogP contribution in [0.2, 0.25) is 0 Å². The van der Waals surface area contributed by atoms with E-state index in [1.807, 2.05) is 61.6 Å². The summed E-state index contributed by atoms with van der Waals surface area (Å²) in [6, 6.07) is 22.5. The third-order valence-corrected chi connectivity index (χ3v) is 7.30. The number of aromatic nitrogens is 3. The molecule has 3 amide bonds. The Morgan fingerprint density at radius 2 is 1.73 bits per heavy atom. The number of carbonyl (C=O) groups is 3. The van der Waals surface area contributed by atoms with Gasteiger partial charge >= 0.3 is 0 Å². The van der Waals surface area contributed by atoms with Crippen LogP contribution in [0.5, 0.6) is 0 Å². The van der Waals surface area contributed by atoms with Gasteiger partial charge in [-0.15, -0.1) is 5.10 Å². The first kappa shape index (κ1) is 27.0. The molecule has 0 bridgehead atoms. The highest BCUT2D eigenvalue weighted by molar-refractivity contribution is 5.95. The van der Waals surface area contributed by atoms with Gasteiger partial charge in [-0.1, -0.05) is 59.8 Å². The molecule has 40 heavy (non-hydrogen) atoms. The number of nitrogens with zero attached hydrogens (tertiary/aromatic N) is 4. The predicted molar refractivity (Wildman–Crippen MR) is 151 cm³/mol. The molecule has 206 valence electrons. The Morgan fingerprint density at radius 3 is 2.48 bits per heavy atom. The van der Waals surface area contributed by atoms with E-state index in [9.17, 15) is 14.4 Å². The lowest BCUT2D eigenvalue weighted by Crippen LogP contribution is -2.51. The monoisotopic (exact) mass is 539 g/mol. The van der Waals surface area contributed by atoms with Gasteiger partial charge in [0.15, 0.2) is 0 Å². The third-order valence-electron chi connectivity index (χ3n) is 7.30. The van der Waals surface area contributed by atoms with Crippen LogP contribution in [-0.4, -0.2) is 62.3 Å². The Bertz CT molecular complexity index is 1490. The lowest BCUT2D eigenvalue weighted by atomic mass is 10.0. The Morgan fingerprint density at radius 1 is 1.00 bits per heavy atom. The molecule has 2 heterocycles. The number of nitrogens with one attached hydrogen (secondary N) is 2. The van der Waals surface area contributed by atoms with E-state index in [-0.39, 0.29) is 36.9 Å². The van der Waals surface area contributed by atoms with Crippen molar-refractivity contribution in [1.29, 1.82) is 0 Å². The number of rotatable bonds is 9. The molecule has 0 saturated carbocycles. The maximum absolute atomic E-state index is 13.5. The minimum absolute atomic E-state index is 0.208. The molecule has 4 N–H and O–H groups in total. The number of carbonyl (C=O) groups excluding carboxylic acids is 3. The zero-order valence-corrected chi connectivity index (χ0v) is 22.4. The van der Waals surface area contributed by atoms with Gasteiger partial charge in [0.25, 0.3) is 5.91 Å². The van der Waals surface area contributed by atoms with E-state index in [1.165, 1.54) is 4.90 Å². The normalized spacial score (nSPS) is 17.5. The Hall–Kier alpha value is -4.57. The smallest absolute Gasteiger partial charge is 0.251 e. The van der Waals surface area contributed by atoms with Crippen LogP contribution in [0, 0.1) is 0 Å². The van der Waals surface area contributed by atoms with E-state index in [0.29, 0.717) is 24.8 Å². The molecule has 1 fully saturated rings. The molecule has 0 aliphatic carbocycles. The first-order valence-electron chi connectivity index (χ1n) is 13.4. The summed E-state index contributed by atoms with van der Waals surface area (Å²) in [7, 11) is 1.82. The van der Waals surface area contributed by atoms with Crippen molar-refractivity contribution >= 4 is 28.8 Å². The molecule has 1 saturated heterocycles. The minimum Gasteiger partial charge on any atom is -0.350 e. The highest BCUT2D eigenvalue weighted by atomic mass is 16.2. The molecule has 10 heteroatoms. The van der Waals surface area contributed by atoms with E-state index in [2.05, 4.69) is 20.9 Å². The average Bonchev–Trinajstić information content (AvgIpc) is 3.58. The average molecular weight is 540 g/mol. The molecule has 0 spiro atoms. The van der Waals surface area contributed by atoms with Gasteiger partial charge < -0.3 is 21.3 Å². The van der Waals surface area contributed by atoms with Crippen LogP contribution < -0.4 is 16.4 Å². The van der Waals surface area contributed by atoms with Crippen molar-refractivity contribution < 1.29 is 14.4 Å². The molecule has 3 aromatic carbocycles. The SMILES string of the molecule is Cn1nnc2cc(CNC(=O)C3CC(NC(=O)c4ccccc4)CN3C(=O)C(N)CCc3ccccc3)ccc21. The van der Waals surface area contributed by atoms with E-state index >= 15 is 0 Å². The molecule has 4 aromatic rings.